The van der Waals surface area contributed by atoms with Crippen molar-refractivity contribution in [1.29, 1.82) is 0 Å². The first-order chi connectivity index (χ1) is 9.29. The summed E-state index contributed by atoms with van der Waals surface area (Å²) in [5.41, 5.74) is 1.17. The number of aliphatic hydroxyl groups is 1. The van der Waals surface area contributed by atoms with Crippen LogP contribution < -0.4 is 0 Å². The van der Waals surface area contributed by atoms with Crippen LogP contribution in [0.1, 0.15) is 17.4 Å². The topological polar surface area (TPSA) is 36.6 Å². The predicted octanol–water partition coefficient (Wildman–Crippen LogP) is 2.45. The Morgan fingerprint density at radius 2 is 2.00 bits per heavy atom. The van der Waals surface area contributed by atoms with Gasteiger partial charge in [0.25, 0.3) is 0 Å². The molecular weight excluding hydrogens is 238 g/mol. The van der Waals surface area contributed by atoms with Gasteiger partial charge in [0.1, 0.15) is 11.9 Å². The van der Waals surface area contributed by atoms with Crippen LogP contribution in [-0.4, -0.2) is 23.1 Å². The van der Waals surface area contributed by atoms with E-state index in [9.17, 15) is 5.11 Å². The highest BCUT2D eigenvalue weighted by atomic mass is 16.4. The van der Waals surface area contributed by atoms with Gasteiger partial charge < -0.3 is 9.52 Å². The van der Waals surface area contributed by atoms with E-state index in [1.165, 1.54) is 5.56 Å². The number of benzene rings is 1. The van der Waals surface area contributed by atoms with Crippen LogP contribution in [0.5, 0.6) is 0 Å². The van der Waals surface area contributed by atoms with Crippen LogP contribution in [-0.2, 0) is 6.54 Å². The van der Waals surface area contributed by atoms with Gasteiger partial charge in [-0.3, -0.25) is 4.90 Å². The molecule has 0 saturated heterocycles. The molecule has 1 heterocycles. The molecule has 0 radical (unpaired) electrons. The fraction of sp³-hybridized carbons (Fsp3) is 0.250. The van der Waals surface area contributed by atoms with Crippen molar-refractivity contribution in [3.8, 4) is 12.3 Å². The molecule has 1 atom stereocenters. The Bertz CT molecular complexity index is 513. The third-order valence-electron chi connectivity index (χ3n) is 2.87. The monoisotopic (exact) mass is 255 g/mol. The van der Waals surface area contributed by atoms with Gasteiger partial charge in [0, 0.05) is 13.1 Å². The maximum Gasteiger partial charge on any atom is 0.133 e. The highest BCUT2D eigenvalue weighted by Gasteiger charge is 2.15. The highest BCUT2D eigenvalue weighted by molar-refractivity contribution is 5.15. The third kappa shape index (κ3) is 3.99. The van der Waals surface area contributed by atoms with Gasteiger partial charge in [-0.05, 0) is 17.7 Å². The number of rotatable bonds is 6. The van der Waals surface area contributed by atoms with E-state index in [0.29, 0.717) is 25.4 Å². The number of terminal acetylenes is 1. The highest BCUT2D eigenvalue weighted by Crippen LogP contribution is 2.15. The van der Waals surface area contributed by atoms with Crippen LogP contribution >= 0.6 is 0 Å². The maximum absolute atomic E-state index is 10.1. The van der Waals surface area contributed by atoms with E-state index < -0.39 is 6.10 Å². The number of furan rings is 1. The fourth-order valence-corrected chi connectivity index (χ4v) is 1.97. The second-order valence-electron chi connectivity index (χ2n) is 4.39. The molecule has 1 N–H and O–H groups in total. The lowest BCUT2D eigenvalue weighted by Gasteiger charge is -2.22. The van der Waals surface area contributed by atoms with Crippen LogP contribution in [0.15, 0.2) is 53.1 Å². The molecule has 19 heavy (non-hydrogen) atoms. The molecule has 0 saturated carbocycles. The van der Waals surface area contributed by atoms with E-state index in [1.807, 2.05) is 35.2 Å². The Balaban J connectivity index is 1.98. The average Bonchev–Trinajstić information content (AvgIpc) is 2.94. The lowest BCUT2D eigenvalue weighted by Crippen LogP contribution is -2.28. The quantitative estimate of drug-likeness (QED) is 0.805. The predicted molar refractivity (Wildman–Crippen MR) is 74.2 cm³/mol. The van der Waals surface area contributed by atoms with E-state index in [-0.39, 0.29) is 0 Å². The summed E-state index contributed by atoms with van der Waals surface area (Å²) < 4.78 is 5.20. The molecule has 3 nitrogen and oxygen atoms in total. The van der Waals surface area contributed by atoms with Crippen LogP contribution in [0.2, 0.25) is 0 Å². The summed E-state index contributed by atoms with van der Waals surface area (Å²) in [4.78, 5) is 2.02. The summed E-state index contributed by atoms with van der Waals surface area (Å²) in [6.45, 7) is 1.65. The zero-order chi connectivity index (χ0) is 13.5. The second-order valence-corrected chi connectivity index (χ2v) is 4.39. The van der Waals surface area contributed by atoms with Gasteiger partial charge in [-0.2, -0.15) is 0 Å². The Labute approximate surface area is 113 Å². The molecule has 1 unspecified atom stereocenters. The maximum atomic E-state index is 10.1. The molecule has 0 spiro atoms. The SMILES string of the molecule is C#CCN(Cc1ccccc1)CC(O)c1ccco1. The van der Waals surface area contributed by atoms with Crippen molar-refractivity contribution >= 4 is 0 Å². The Morgan fingerprint density at radius 3 is 2.63 bits per heavy atom. The van der Waals surface area contributed by atoms with Gasteiger partial charge in [-0.1, -0.05) is 36.3 Å². The van der Waals surface area contributed by atoms with Crippen LogP contribution in [0.4, 0.5) is 0 Å². The minimum Gasteiger partial charge on any atom is -0.467 e. The van der Waals surface area contributed by atoms with Crippen molar-refractivity contribution in [1.82, 2.24) is 4.90 Å². The minimum atomic E-state index is -0.660. The molecule has 0 aliphatic carbocycles. The second kappa shape index (κ2) is 6.79. The van der Waals surface area contributed by atoms with E-state index >= 15 is 0 Å². The third-order valence-corrected chi connectivity index (χ3v) is 2.87. The Kier molecular flexibility index (Phi) is 4.79. The van der Waals surface area contributed by atoms with Crippen LogP contribution in [0.25, 0.3) is 0 Å². The standard InChI is InChI=1S/C16H17NO2/c1-2-10-17(12-14-7-4-3-5-8-14)13-15(18)16-9-6-11-19-16/h1,3-9,11,15,18H,10,12-13H2. The zero-order valence-corrected chi connectivity index (χ0v) is 10.7. The smallest absolute Gasteiger partial charge is 0.133 e. The summed E-state index contributed by atoms with van der Waals surface area (Å²) in [6.07, 6.45) is 6.28. The summed E-state index contributed by atoms with van der Waals surface area (Å²) >= 11 is 0. The molecule has 98 valence electrons. The fourth-order valence-electron chi connectivity index (χ4n) is 1.97. The summed E-state index contributed by atoms with van der Waals surface area (Å²) in [6, 6.07) is 13.6. The van der Waals surface area contributed by atoms with Crippen LogP contribution in [0, 0.1) is 12.3 Å². The molecule has 1 aromatic heterocycles. The number of hydrogen-bond donors (Lipinski definition) is 1. The summed E-state index contributed by atoms with van der Waals surface area (Å²) in [5, 5.41) is 10.1. The number of nitrogens with zero attached hydrogens (tertiary/aromatic N) is 1. The van der Waals surface area contributed by atoms with E-state index in [1.54, 1.807) is 18.4 Å². The molecule has 3 heteroatoms. The first-order valence-corrected chi connectivity index (χ1v) is 6.21. The summed E-state index contributed by atoms with van der Waals surface area (Å²) in [5.74, 6) is 3.19. The van der Waals surface area contributed by atoms with E-state index in [0.717, 1.165) is 0 Å². The molecule has 1 aromatic carbocycles. The molecule has 0 fully saturated rings. The number of aliphatic hydroxyl groups excluding tert-OH is 1. The zero-order valence-electron chi connectivity index (χ0n) is 10.7. The van der Waals surface area contributed by atoms with Crippen molar-refractivity contribution in [2.24, 2.45) is 0 Å². The molecular formula is C16H17NO2. The largest absolute Gasteiger partial charge is 0.467 e. The molecule has 0 amide bonds. The Hall–Kier alpha value is -2.02. The van der Waals surface area contributed by atoms with Gasteiger partial charge in [0.2, 0.25) is 0 Å². The van der Waals surface area contributed by atoms with Crippen molar-refractivity contribution in [2.75, 3.05) is 13.1 Å². The summed E-state index contributed by atoms with van der Waals surface area (Å²) in [7, 11) is 0. The first-order valence-electron chi connectivity index (χ1n) is 6.21. The minimum absolute atomic E-state index is 0.451. The van der Waals surface area contributed by atoms with Gasteiger partial charge in [0.15, 0.2) is 0 Å². The molecule has 2 aromatic rings. The van der Waals surface area contributed by atoms with Crippen molar-refractivity contribution < 1.29 is 9.52 Å². The van der Waals surface area contributed by atoms with Crippen LogP contribution in [0.3, 0.4) is 0 Å². The Morgan fingerprint density at radius 1 is 1.21 bits per heavy atom. The van der Waals surface area contributed by atoms with E-state index in [4.69, 9.17) is 10.8 Å². The molecule has 0 bridgehead atoms. The van der Waals surface area contributed by atoms with Gasteiger partial charge in [-0.25, -0.2) is 0 Å². The molecule has 0 aliphatic rings. The lowest BCUT2D eigenvalue weighted by atomic mass is 10.2. The molecule has 2 rings (SSSR count). The average molecular weight is 255 g/mol. The van der Waals surface area contributed by atoms with E-state index in [2.05, 4.69) is 5.92 Å². The van der Waals surface area contributed by atoms with Gasteiger partial charge in [0.05, 0.1) is 12.8 Å². The lowest BCUT2D eigenvalue weighted by molar-refractivity contribution is 0.0976. The van der Waals surface area contributed by atoms with Gasteiger partial charge in [-0.15, -0.1) is 6.42 Å². The van der Waals surface area contributed by atoms with Gasteiger partial charge >= 0.3 is 0 Å². The van der Waals surface area contributed by atoms with Crippen molar-refractivity contribution in [2.45, 2.75) is 12.6 Å². The number of hydrogen-bond acceptors (Lipinski definition) is 3. The first kappa shape index (κ1) is 13.4. The van der Waals surface area contributed by atoms with Crippen molar-refractivity contribution in [3.63, 3.8) is 0 Å². The van der Waals surface area contributed by atoms with Crippen molar-refractivity contribution in [3.05, 3.63) is 60.1 Å². The normalized spacial score (nSPS) is 12.3. The molecule has 0 aliphatic heterocycles.